The van der Waals surface area contributed by atoms with Crippen molar-refractivity contribution in [1.82, 2.24) is 10.3 Å². The summed E-state index contributed by atoms with van der Waals surface area (Å²) in [6.45, 7) is 8.19. The van der Waals surface area contributed by atoms with E-state index in [0.29, 0.717) is 12.5 Å². The molecule has 82 valence electrons. The van der Waals surface area contributed by atoms with E-state index in [1.54, 1.807) is 6.20 Å². The molecule has 1 N–H and O–H groups in total. The summed E-state index contributed by atoms with van der Waals surface area (Å²) in [6.07, 6.45) is 4.46. The molecule has 0 saturated heterocycles. The molecular formula is C12H18N2O. The first-order valence-corrected chi connectivity index (χ1v) is 5.26. The maximum absolute atomic E-state index is 5.46. The topological polar surface area (TPSA) is 34.1 Å². The summed E-state index contributed by atoms with van der Waals surface area (Å²) in [4.78, 5) is 4.13. The molecule has 1 aromatic heterocycles. The number of pyridine rings is 1. The monoisotopic (exact) mass is 206 g/mol. The van der Waals surface area contributed by atoms with Gasteiger partial charge in [-0.25, -0.2) is 4.98 Å². The molecule has 3 heteroatoms. The summed E-state index contributed by atoms with van der Waals surface area (Å²) < 4.78 is 5.46. The lowest BCUT2D eigenvalue weighted by molar-refractivity contribution is 0.312. The van der Waals surface area contributed by atoms with Gasteiger partial charge < -0.3 is 10.1 Å². The summed E-state index contributed by atoms with van der Waals surface area (Å²) >= 11 is 0. The van der Waals surface area contributed by atoms with Gasteiger partial charge in [0.1, 0.15) is 0 Å². The molecule has 3 nitrogen and oxygen atoms in total. The summed E-state index contributed by atoms with van der Waals surface area (Å²) in [7, 11) is 0. The van der Waals surface area contributed by atoms with Crippen molar-refractivity contribution >= 4 is 0 Å². The first kappa shape index (κ1) is 11.7. The zero-order chi connectivity index (χ0) is 10.9. The Morgan fingerprint density at radius 3 is 3.20 bits per heavy atom. The normalized spacial score (nSPS) is 9.93. The SMILES string of the molecule is C=CCCOc1cc(CNCC)ccn1. The summed E-state index contributed by atoms with van der Waals surface area (Å²) in [5, 5.41) is 3.26. The molecule has 0 atom stereocenters. The molecular weight excluding hydrogens is 188 g/mol. The summed E-state index contributed by atoms with van der Waals surface area (Å²) in [6, 6.07) is 3.95. The minimum absolute atomic E-state index is 0.640. The second-order valence-corrected chi connectivity index (χ2v) is 3.21. The number of nitrogens with zero attached hydrogens (tertiary/aromatic N) is 1. The lowest BCUT2D eigenvalue weighted by Crippen LogP contribution is -2.11. The van der Waals surface area contributed by atoms with Crippen LogP contribution in [0.5, 0.6) is 5.88 Å². The van der Waals surface area contributed by atoms with Crippen molar-refractivity contribution in [2.45, 2.75) is 19.9 Å². The van der Waals surface area contributed by atoms with E-state index in [4.69, 9.17) is 4.74 Å². The average molecular weight is 206 g/mol. The number of hydrogen-bond donors (Lipinski definition) is 1. The van der Waals surface area contributed by atoms with Crippen molar-refractivity contribution in [1.29, 1.82) is 0 Å². The van der Waals surface area contributed by atoms with Crippen LogP contribution in [-0.4, -0.2) is 18.1 Å². The Morgan fingerprint density at radius 2 is 2.47 bits per heavy atom. The van der Waals surface area contributed by atoms with Gasteiger partial charge in [0.05, 0.1) is 6.61 Å². The summed E-state index contributed by atoms with van der Waals surface area (Å²) in [5.74, 6) is 0.687. The molecule has 0 unspecified atom stereocenters. The van der Waals surface area contributed by atoms with E-state index in [9.17, 15) is 0 Å². The third kappa shape index (κ3) is 4.61. The third-order valence-electron chi connectivity index (χ3n) is 1.95. The van der Waals surface area contributed by atoms with Crippen molar-refractivity contribution in [3.05, 3.63) is 36.5 Å². The van der Waals surface area contributed by atoms with Crippen molar-refractivity contribution < 1.29 is 4.74 Å². The van der Waals surface area contributed by atoms with Crippen LogP contribution in [0.1, 0.15) is 18.9 Å². The van der Waals surface area contributed by atoms with Crippen LogP contribution in [-0.2, 0) is 6.54 Å². The standard InChI is InChI=1S/C12H18N2O/c1-3-5-8-15-12-9-11(6-7-14-12)10-13-4-2/h3,6-7,9,13H,1,4-5,8,10H2,2H3. The van der Waals surface area contributed by atoms with Gasteiger partial charge in [-0.05, 0) is 24.6 Å². The van der Waals surface area contributed by atoms with Gasteiger partial charge in [-0.15, -0.1) is 6.58 Å². The summed E-state index contributed by atoms with van der Waals surface area (Å²) in [5.41, 5.74) is 1.19. The molecule has 0 radical (unpaired) electrons. The zero-order valence-corrected chi connectivity index (χ0v) is 9.20. The van der Waals surface area contributed by atoms with Crippen LogP contribution in [0.15, 0.2) is 31.0 Å². The fraction of sp³-hybridized carbons (Fsp3) is 0.417. The Balaban J connectivity index is 2.46. The number of aromatic nitrogens is 1. The van der Waals surface area contributed by atoms with Crippen LogP contribution in [0.2, 0.25) is 0 Å². The van der Waals surface area contributed by atoms with Gasteiger partial charge in [-0.1, -0.05) is 13.0 Å². The van der Waals surface area contributed by atoms with Gasteiger partial charge in [0, 0.05) is 18.8 Å². The van der Waals surface area contributed by atoms with Gasteiger partial charge in [0.15, 0.2) is 0 Å². The molecule has 0 aromatic carbocycles. The van der Waals surface area contributed by atoms with Crippen LogP contribution >= 0.6 is 0 Å². The molecule has 0 amide bonds. The Hall–Kier alpha value is -1.35. The second-order valence-electron chi connectivity index (χ2n) is 3.21. The van der Waals surface area contributed by atoms with Crippen LogP contribution in [0, 0.1) is 0 Å². The van der Waals surface area contributed by atoms with Crippen molar-refractivity contribution in [3.63, 3.8) is 0 Å². The predicted octanol–water partition coefficient (Wildman–Crippen LogP) is 2.15. The van der Waals surface area contributed by atoms with E-state index in [1.165, 1.54) is 5.56 Å². The van der Waals surface area contributed by atoms with Crippen LogP contribution in [0.3, 0.4) is 0 Å². The van der Waals surface area contributed by atoms with Crippen LogP contribution in [0.4, 0.5) is 0 Å². The predicted molar refractivity (Wildman–Crippen MR) is 61.9 cm³/mol. The molecule has 1 aromatic rings. The van der Waals surface area contributed by atoms with Crippen molar-refractivity contribution in [3.8, 4) is 5.88 Å². The first-order valence-electron chi connectivity index (χ1n) is 5.26. The molecule has 0 aliphatic rings. The largest absolute Gasteiger partial charge is 0.477 e. The molecule has 1 rings (SSSR count). The highest BCUT2D eigenvalue weighted by Crippen LogP contribution is 2.09. The Kier molecular flexibility index (Phi) is 5.48. The highest BCUT2D eigenvalue weighted by molar-refractivity contribution is 5.20. The fourth-order valence-corrected chi connectivity index (χ4v) is 1.16. The van der Waals surface area contributed by atoms with Gasteiger partial charge in [0.2, 0.25) is 5.88 Å². The second kappa shape index (κ2) is 7.01. The molecule has 0 aliphatic heterocycles. The minimum atomic E-state index is 0.640. The third-order valence-corrected chi connectivity index (χ3v) is 1.95. The Bertz CT molecular complexity index is 299. The molecule has 0 spiro atoms. The molecule has 0 aliphatic carbocycles. The van der Waals surface area contributed by atoms with Gasteiger partial charge in [-0.2, -0.15) is 0 Å². The zero-order valence-electron chi connectivity index (χ0n) is 9.20. The lowest BCUT2D eigenvalue weighted by atomic mass is 10.2. The van der Waals surface area contributed by atoms with Crippen molar-refractivity contribution in [2.24, 2.45) is 0 Å². The fourth-order valence-electron chi connectivity index (χ4n) is 1.16. The van der Waals surface area contributed by atoms with E-state index in [0.717, 1.165) is 19.5 Å². The average Bonchev–Trinajstić information content (AvgIpc) is 2.27. The number of hydrogen-bond acceptors (Lipinski definition) is 3. The lowest BCUT2D eigenvalue weighted by Gasteiger charge is -2.06. The van der Waals surface area contributed by atoms with Gasteiger partial charge in [-0.3, -0.25) is 0 Å². The number of ether oxygens (including phenoxy) is 1. The number of nitrogens with one attached hydrogen (secondary N) is 1. The van der Waals surface area contributed by atoms with Crippen LogP contribution < -0.4 is 10.1 Å². The van der Waals surface area contributed by atoms with E-state index in [-0.39, 0.29) is 0 Å². The Labute approximate surface area is 91.2 Å². The minimum Gasteiger partial charge on any atom is -0.477 e. The Morgan fingerprint density at radius 1 is 1.60 bits per heavy atom. The maximum atomic E-state index is 5.46. The van der Waals surface area contributed by atoms with E-state index >= 15 is 0 Å². The maximum Gasteiger partial charge on any atom is 0.213 e. The van der Waals surface area contributed by atoms with Gasteiger partial charge in [0.25, 0.3) is 0 Å². The molecule has 0 saturated carbocycles. The number of rotatable bonds is 7. The smallest absolute Gasteiger partial charge is 0.213 e. The van der Waals surface area contributed by atoms with Crippen LogP contribution in [0.25, 0.3) is 0 Å². The molecule has 15 heavy (non-hydrogen) atoms. The highest BCUT2D eigenvalue weighted by atomic mass is 16.5. The molecule has 0 fully saturated rings. The molecule has 1 heterocycles. The van der Waals surface area contributed by atoms with E-state index in [2.05, 4.69) is 23.8 Å². The van der Waals surface area contributed by atoms with E-state index < -0.39 is 0 Å². The van der Waals surface area contributed by atoms with Crippen molar-refractivity contribution in [2.75, 3.05) is 13.2 Å². The molecule has 0 bridgehead atoms. The quantitative estimate of drug-likeness (QED) is 0.548. The van der Waals surface area contributed by atoms with Gasteiger partial charge >= 0.3 is 0 Å². The highest BCUT2D eigenvalue weighted by Gasteiger charge is 1.97. The first-order chi connectivity index (χ1) is 7.36. The van der Waals surface area contributed by atoms with E-state index in [1.807, 2.05) is 18.2 Å².